The van der Waals surface area contributed by atoms with E-state index in [-0.39, 0.29) is 29.5 Å². The van der Waals surface area contributed by atoms with Crippen LogP contribution in [0.15, 0.2) is 60.9 Å². The number of nitrogens with zero attached hydrogens (tertiary/aromatic N) is 5. The zero-order chi connectivity index (χ0) is 34.5. The number of aromatic nitrogens is 3. The van der Waals surface area contributed by atoms with Crippen molar-refractivity contribution in [1.82, 2.24) is 29.7 Å². The molecule has 1 saturated heterocycles. The van der Waals surface area contributed by atoms with Gasteiger partial charge in [-0.1, -0.05) is 18.1 Å². The van der Waals surface area contributed by atoms with Crippen LogP contribution in [-0.2, 0) is 17.5 Å². The van der Waals surface area contributed by atoms with Gasteiger partial charge in [-0.15, -0.1) is 0 Å². The Labute approximate surface area is 277 Å². The molecule has 5 rings (SSSR count). The molecule has 0 radical (unpaired) electrons. The number of hydrogen-bond donors (Lipinski definition) is 2. The molecule has 1 aliphatic rings. The Kier molecular flexibility index (Phi) is 10.4. The first-order valence-corrected chi connectivity index (χ1v) is 15.6. The molecule has 0 aliphatic carbocycles. The molecular weight excluding hydrogens is 623 g/mol. The lowest BCUT2D eigenvalue weighted by atomic mass is 10.0. The minimum absolute atomic E-state index is 0.00291. The van der Waals surface area contributed by atoms with E-state index in [2.05, 4.69) is 37.5 Å². The van der Waals surface area contributed by atoms with Gasteiger partial charge in [-0.25, -0.2) is 14.3 Å². The van der Waals surface area contributed by atoms with Crippen LogP contribution in [0.1, 0.15) is 59.1 Å². The predicted octanol–water partition coefficient (Wildman–Crippen LogP) is 5.35. The van der Waals surface area contributed by atoms with Crippen molar-refractivity contribution in [3.63, 3.8) is 0 Å². The Morgan fingerprint density at radius 1 is 1.00 bits per heavy atom. The van der Waals surface area contributed by atoms with E-state index in [1.807, 2.05) is 33.8 Å². The summed E-state index contributed by atoms with van der Waals surface area (Å²) >= 11 is 0. The van der Waals surface area contributed by atoms with Crippen molar-refractivity contribution < 1.29 is 27.5 Å². The molecule has 13 heteroatoms. The van der Waals surface area contributed by atoms with Crippen molar-refractivity contribution in [3.05, 3.63) is 94.4 Å². The second-order valence-corrected chi connectivity index (χ2v) is 12.5. The Bertz CT molecular complexity index is 1850. The van der Waals surface area contributed by atoms with Crippen LogP contribution in [0.5, 0.6) is 0 Å². The topological polar surface area (TPSA) is 104 Å². The quantitative estimate of drug-likeness (QED) is 0.203. The molecule has 2 aromatic heterocycles. The van der Waals surface area contributed by atoms with Crippen molar-refractivity contribution in [1.29, 1.82) is 0 Å². The number of fused-ring (bicyclic) bond motifs is 1. The number of rotatable bonds is 7. The molecule has 2 N–H and O–H groups in total. The van der Waals surface area contributed by atoms with Crippen LogP contribution in [0, 0.1) is 18.8 Å². The molecule has 252 valence electrons. The van der Waals surface area contributed by atoms with Gasteiger partial charge in [0.25, 0.3) is 5.91 Å². The van der Waals surface area contributed by atoms with Crippen LogP contribution < -0.4 is 10.6 Å². The zero-order valence-electron chi connectivity index (χ0n) is 27.3. The van der Waals surface area contributed by atoms with E-state index in [0.717, 1.165) is 11.6 Å². The average molecular weight is 662 g/mol. The van der Waals surface area contributed by atoms with Gasteiger partial charge in [0.2, 0.25) is 0 Å². The Morgan fingerprint density at radius 3 is 2.50 bits per heavy atom. The van der Waals surface area contributed by atoms with E-state index in [0.29, 0.717) is 56.2 Å². The number of halogens is 3. The van der Waals surface area contributed by atoms with E-state index in [4.69, 9.17) is 4.74 Å². The molecule has 3 heterocycles. The summed E-state index contributed by atoms with van der Waals surface area (Å²) in [6.45, 7) is 10.8. The Hall–Kier alpha value is -4.93. The van der Waals surface area contributed by atoms with Crippen molar-refractivity contribution in [2.45, 2.75) is 46.0 Å². The van der Waals surface area contributed by atoms with Crippen molar-refractivity contribution in [2.24, 2.45) is 0 Å². The molecule has 2 aromatic carbocycles. The van der Waals surface area contributed by atoms with Gasteiger partial charge in [0.1, 0.15) is 11.3 Å². The largest absolute Gasteiger partial charge is 0.444 e. The Morgan fingerprint density at radius 2 is 1.77 bits per heavy atom. The standard InChI is InChI=1S/C35H38F3N7O3/c1-24-7-8-26(20-25(24)10-12-29-23-40-31-6-5-13-41-45(29)31)32(46)42-28-11-9-27(30(21-28)35(36,37)38)22-39-14-15-43-16-18-44(19-17-43)33(47)48-34(2,3)4/h5-9,11,13,20-21,23,39H,14-19,22H2,1-4H3,(H,42,46). The maximum absolute atomic E-state index is 14.1. The van der Waals surface area contributed by atoms with Gasteiger partial charge in [0.05, 0.1) is 11.8 Å². The van der Waals surface area contributed by atoms with E-state index in [9.17, 15) is 22.8 Å². The van der Waals surface area contributed by atoms with E-state index in [1.54, 1.807) is 46.1 Å². The normalized spacial score (nSPS) is 14.0. The lowest BCUT2D eigenvalue weighted by Gasteiger charge is -2.35. The predicted molar refractivity (Wildman–Crippen MR) is 175 cm³/mol. The number of alkyl halides is 3. The van der Waals surface area contributed by atoms with Crippen molar-refractivity contribution in [3.8, 4) is 11.8 Å². The lowest BCUT2D eigenvalue weighted by Crippen LogP contribution is -2.51. The molecule has 1 fully saturated rings. The minimum Gasteiger partial charge on any atom is -0.444 e. The second kappa shape index (κ2) is 14.5. The summed E-state index contributed by atoms with van der Waals surface area (Å²) in [6.07, 6.45) is -1.72. The summed E-state index contributed by atoms with van der Waals surface area (Å²) in [5, 5.41) is 9.94. The molecule has 0 spiro atoms. The average Bonchev–Trinajstić information content (AvgIpc) is 3.45. The first-order valence-electron chi connectivity index (χ1n) is 15.6. The summed E-state index contributed by atoms with van der Waals surface area (Å²) < 4.78 is 49.2. The zero-order valence-corrected chi connectivity index (χ0v) is 27.3. The number of benzene rings is 2. The number of imidazole rings is 1. The molecular formula is C35H38F3N7O3. The summed E-state index contributed by atoms with van der Waals surface area (Å²) in [4.78, 5) is 33.5. The first-order chi connectivity index (χ1) is 22.8. The molecule has 0 atom stereocenters. The van der Waals surface area contributed by atoms with Crippen molar-refractivity contribution in [2.75, 3.05) is 44.6 Å². The van der Waals surface area contributed by atoms with Crippen LogP contribution in [0.4, 0.5) is 23.7 Å². The van der Waals surface area contributed by atoms with Crippen molar-refractivity contribution >= 4 is 23.3 Å². The number of amides is 2. The van der Waals surface area contributed by atoms with E-state index in [1.165, 1.54) is 12.1 Å². The SMILES string of the molecule is Cc1ccc(C(=O)Nc2ccc(CNCCN3CCN(C(=O)OC(C)(C)C)CC3)c(C(F)(F)F)c2)cc1C#Cc1cnc2cccnn12. The number of piperazine rings is 1. The van der Waals surface area contributed by atoms with Crippen LogP contribution in [0.2, 0.25) is 0 Å². The Balaban J connectivity index is 1.17. The van der Waals surface area contributed by atoms with Gasteiger partial charge in [0, 0.05) is 68.8 Å². The highest BCUT2D eigenvalue weighted by atomic mass is 19.4. The molecule has 48 heavy (non-hydrogen) atoms. The summed E-state index contributed by atoms with van der Waals surface area (Å²) in [5.41, 5.74) is 1.63. The minimum atomic E-state index is -4.62. The fourth-order valence-electron chi connectivity index (χ4n) is 5.16. The molecule has 0 saturated carbocycles. The van der Waals surface area contributed by atoms with E-state index >= 15 is 0 Å². The van der Waals surface area contributed by atoms with Crippen LogP contribution in [-0.4, -0.2) is 81.3 Å². The molecule has 10 nitrogen and oxygen atoms in total. The maximum Gasteiger partial charge on any atom is 0.416 e. The van der Waals surface area contributed by atoms with Gasteiger partial charge >= 0.3 is 12.3 Å². The number of nitrogens with one attached hydrogen (secondary N) is 2. The molecule has 2 amide bonds. The monoisotopic (exact) mass is 661 g/mol. The number of hydrogen-bond acceptors (Lipinski definition) is 7. The summed E-state index contributed by atoms with van der Waals surface area (Å²) in [7, 11) is 0. The van der Waals surface area contributed by atoms with Gasteiger partial charge in [-0.05, 0) is 81.1 Å². The third-order valence-corrected chi connectivity index (χ3v) is 7.72. The second-order valence-electron chi connectivity index (χ2n) is 12.5. The highest BCUT2D eigenvalue weighted by Gasteiger charge is 2.33. The number of ether oxygens (including phenoxy) is 1. The molecule has 1 aliphatic heterocycles. The van der Waals surface area contributed by atoms with Crippen LogP contribution in [0.3, 0.4) is 0 Å². The molecule has 0 bridgehead atoms. The van der Waals surface area contributed by atoms with Gasteiger partial charge in [0.15, 0.2) is 5.65 Å². The number of carbonyl (C=O) groups is 2. The van der Waals surface area contributed by atoms with Crippen LogP contribution >= 0.6 is 0 Å². The fraction of sp³-hybridized carbons (Fsp3) is 0.371. The number of carbonyl (C=O) groups excluding carboxylic acids is 2. The lowest BCUT2D eigenvalue weighted by molar-refractivity contribution is -0.138. The molecule has 4 aromatic rings. The number of anilines is 1. The van der Waals surface area contributed by atoms with E-state index < -0.39 is 23.2 Å². The third kappa shape index (κ3) is 8.90. The maximum atomic E-state index is 14.1. The number of aryl methyl sites for hydroxylation is 1. The van der Waals surface area contributed by atoms with Gasteiger partial charge in [-0.3, -0.25) is 9.69 Å². The molecule has 0 unspecified atom stereocenters. The highest BCUT2D eigenvalue weighted by molar-refractivity contribution is 6.04. The smallest absolute Gasteiger partial charge is 0.416 e. The van der Waals surface area contributed by atoms with Gasteiger partial charge < -0.3 is 20.3 Å². The fourth-order valence-corrected chi connectivity index (χ4v) is 5.16. The van der Waals surface area contributed by atoms with Crippen LogP contribution in [0.25, 0.3) is 5.65 Å². The highest BCUT2D eigenvalue weighted by Crippen LogP contribution is 2.34. The summed E-state index contributed by atoms with van der Waals surface area (Å²) in [5.74, 6) is 5.52. The summed E-state index contributed by atoms with van der Waals surface area (Å²) in [6, 6.07) is 12.3. The first kappa shape index (κ1) is 34.4. The van der Waals surface area contributed by atoms with Gasteiger partial charge in [-0.2, -0.15) is 18.3 Å². The third-order valence-electron chi connectivity index (χ3n) is 7.72.